The van der Waals surface area contributed by atoms with Crippen molar-refractivity contribution in [1.82, 2.24) is 10.6 Å². The van der Waals surface area contributed by atoms with Crippen LogP contribution in [0.5, 0.6) is 0 Å². The maximum atomic E-state index is 9.92. The number of nitrogens with one attached hydrogen (secondary N) is 2. The summed E-state index contributed by atoms with van der Waals surface area (Å²) < 4.78 is 0. The summed E-state index contributed by atoms with van der Waals surface area (Å²) in [5.41, 5.74) is 0. The van der Waals surface area contributed by atoms with Crippen LogP contribution in [0.15, 0.2) is 0 Å². The topological polar surface area (TPSA) is 41.1 Å². The second kappa shape index (κ2) is 12.4. The summed E-state index contributed by atoms with van der Waals surface area (Å²) in [6.07, 6.45) is 8.19. The molecule has 3 heteroatoms. The number of unbranched alkanes of at least 4 members (excludes halogenated alkanes) is 4. The van der Waals surface area contributed by atoms with E-state index in [4.69, 9.17) is 0 Å². The van der Waals surface area contributed by atoms with E-state index in [9.17, 15) is 4.79 Å². The van der Waals surface area contributed by atoms with Gasteiger partial charge in [0.25, 0.3) is 0 Å². The first-order chi connectivity index (χ1) is 6.91. The predicted octanol–water partition coefficient (Wildman–Crippen LogP) is 1.68. The Balaban J connectivity index is 2.81. The van der Waals surface area contributed by atoms with Crippen molar-refractivity contribution < 1.29 is 4.79 Å². The molecule has 0 aromatic heterocycles. The molecule has 14 heavy (non-hydrogen) atoms. The van der Waals surface area contributed by atoms with E-state index in [1.54, 1.807) is 0 Å². The van der Waals surface area contributed by atoms with Crippen LogP contribution in [0.25, 0.3) is 0 Å². The third-order valence-electron chi connectivity index (χ3n) is 2.22. The van der Waals surface area contributed by atoms with Crippen LogP contribution in [0.2, 0.25) is 0 Å². The minimum absolute atomic E-state index is 0.767. The van der Waals surface area contributed by atoms with Gasteiger partial charge in [-0.1, -0.05) is 26.2 Å². The van der Waals surface area contributed by atoms with E-state index >= 15 is 0 Å². The van der Waals surface area contributed by atoms with Crippen molar-refractivity contribution in [2.24, 2.45) is 0 Å². The van der Waals surface area contributed by atoms with E-state index in [0.717, 1.165) is 32.5 Å². The third-order valence-corrected chi connectivity index (χ3v) is 2.22. The number of hydrogen-bond acceptors (Lipinski definition) is 2. The molecule has 1 amide bonds. The van der Waals surface area contributed by atoms with Gasteiger partial charge >= 0.3 is 0 Å². The molecule has 0 atom stereocenters. The molecule has 0 aromatic carbocycles. The average molecular weight is 200 g/mol. The average Bonchev–Trinajstić information content (AvgIpc) is 2.21. The largest absolute Gasteiger partial charge is 0.359 e. The van der Waals surface area contributed by atoms with E-state index in [2.05, 4.69) is 17.6 Å². The van der Waals surface area contributed by atoms with E-state index < -0.39 is 0 Å². The summed E-state index contributed by atoms with van der Waals surface area (Å²) in [7, 11) is 0. The Kier molecular flexibility index (Phi) is 11.9. The van der Waals surface area contributed by atoms with Crippen LogP contribution in [0.4, 0.5) is 0 Å². The van der Waals surface area contributed by atoms with Gasteiger partial charge in [0.2, 0.25) is 6.41 Å². The van der Waals surface area contributed by atoms with Crippen molar-refractivity contribution in [3.63, 3.8) is 0 Å². The van der Waals surface area contributed by atoms with Crippen LogP contribution >= 0.6 is 0 Å². The number of carbonyl (C=O) groups is 1. The maximum absolute atomic E-state index is 9.92. The lowest BCUT2D eigenvalue weighted by Gasteiger charge is -2.03. The molecule has 2 N–H and O–H groups in total. The predicted molar refractivity (Wildman–Crippen MR) is 60.3 cm³/mol. The Morgan fingerprint density at radius 1 is 0.929 bits per heavy atom. The van der Waals surface area contributed by atoms with Crippen molar-refractivity contribution in [3.05, 3.63) is 0 Å². The van der Waals surface area contributed by atoms with Crippen molar-refractivity contribution in [2.45, 2.75) is 45.4 Å². The highest BCUT2D eigenvalue weighted by Gasteiger charge is 1.89. The molecule has 0 radical (unpaired) electrons. The van der Waals surface area contributed by atoms with Crippen LogP contribution < -0.4 is 10.6 Å². The summed E-state index contributed by atoms with van der Waals surface area (Å²) in [5.74, 6) is 0. The molecule has 84 valence electrons. The fraction of sp³-hybridized carbons (Fsp3) is 0.909. The van der Waals surface area contributed by atoms with Crippen LogP contribution in [0.1, 0.15) is 45.4 Å². The number of hydrogen-bond donors (Lipinski definition) is 2. The van der Waals surface area contributed by atoms with E-state index in [1.165, 1.54) is 32.1 Å². The third kappa shape index (κ3) is 11.4. The number of carbonyl (C=O) groups excluding carboxylic acids is 1. The molecule has 0 bridgehead atoms. The molecular weight excluding hydrogens is 176 g/mol. The number of amides is 1. The van der Waals surface area contributed by atoms with Crippen LogP contribution in [-0.4, -0.2) is 26.0 Å². The molecule has 0 saturated heterocycles. The summed E-state index contributed by atoms with van der Waals surface area (Å²) in [4.78, 5) is 9.92. The van der Waals surface area contributed by atoms with Crippen molar-refractivity contribution >= 4 is 6.41 Å². The summed E-state index contributed by atoms with van der Waals surface area (Å²) in [6, 6.07) is 0. The molecule has 0 fully saturated rings. The van der Waals surface area contributed by atoms with Gasteiger partial charge < -0.3 is 10.6 Å². The van der Waals surface area contributed by atoms with E-state index in [-0.39, 0.29) is 0 Å². The minimum atomic E-state index is 0.767. The summed E-state index contributed by atoms with van der Waals surface area (Å²) >= 11 is 0. The van der Waals surface area contributed by atoms with E-state index in [1.807, 2.05) is 0 Å². The van der Waals surface area contributed by atoms with Crippen molar-refractivity contribution in [3.8, 4) is 0 Å². The highest BCUT2D eigenvalue weighted by molar-refractivity contribution is 5.45. The zero-order chi connectivity index (χ0) is 10.5. The maximum Gasteiger partial charge on any atom is 0.207 e. The first-order valence-electron chi connectivity index (χ1n) is 5.79. The molecule has 0 aliphatic carbocycles. The Morgan fingerprint density at radius 2 is 1.57 bits per heavy atom. The van der Waals surface area contributed by atoms with Gasteiger partial charge in [-0.15, -0.1) is 0 Å². The normalized spacial score (nSPS) is 10.1. The Labute approximate surface area is 87.6 Å². The molecule has 0 aliphatic heterocycles. The standard InChI is InChI=1S/C11H24N2O/c1-2-3-5-8-12-9-6-4-7-10-13-11-14/h11-12H,2-10H2,1H3,(H,13,14). The highest BCUT2D eigenvalue weighted by Crippen LogP contribution is 1.94. The lowest BCUT2D eigenvalue weighted by atomic mass is 10.2. The summed E-state index contributed by atoms with van der Waals surface area (Å²) in [5, 5.41) is 6.09. The van der Waals surface area contributed by atoms with Gasteiger partial charge in [-0.05, 0) is 32.4 Å². The first kappa shape index (κ1) is 13.4. The minimum Gasteiger partial charge on any atom is -0.359 e. The quantitative estimate of drug-likeness (QED) is 0.393. The zero-order valence-electron chi connectivity index (χ0n) is 9.35. The summed E-state index contributed by atoms with van der Waals surface area (Å²) in [6.45, 7) is 5.31. The van der Waals surface area contributed by atoms with Gasteiger partial charge in [0.15, 0.2) is 0 Å². The van der Waals surface area contributed by atoms with Gasteiger partial charge in [0.05, 0.1) is 0 Å². The monoisotopic (exact) mass is 200 g/mol. The number of rotatable bonds is 11. The fourth-order valence-electron chi connectivity index (χ4n) is 1.34. The molecule has 0 aromatic rings. The second-order valence-corrected chi connectivity index (χ2v) is 3.59. The van der Waals surface area contributed by atoms with Crippen LogP contribution in [-0.2, 0) is 4.79 Å². The molecule has 0 rings (SSSR count). The molecule has 0 heterocycles. The lowest BCUT2D eigenvalue weighted by molar-refractivity contribution is -0.109. The Bertz CT molecular complexity index is 118. The molecule has 0 aliphatic rings. The lowest BCUT2D eigenvalue weighted by Crippen LogP contribution is -2.17. The van der Waals surface area contributed by atoms with Gasteiger partial charge in [-0.25, -0.2) is 0 Å². The van der Waals surface area contributed by atoms with Gasteiger partial charge in [-0.2, -0.15) is 0 Å². The highest BCUT2D eigenvalue weighted by atomic mass is 16.1. The van der Waals surface area contributed by atoms with Crippen LogP contribution in [0.3, 0.4) is 0 Å². The molecular formula is C11H24N2O. The van der Waals surface area contributed by atoms with E-state index in [0.29, 0.717) is 0 Å². The Morgan fingerprint density at radius 3 is 2.21 bits per heavy atom. The zero-order valence-corrected chi connectivity index (χ0v) is 9.35. The smallest absolute Gasteiger partial charge is 0.207 e. The van der Waals surface area contributed by atoms with Crippen molar-refractivity contribution in [1.29, 1.82) is 0 Å². The SMILES string of the molecule is CCCCCNCCCCCNC=O. The van der Waals surface area contributed by atoms with Crippen LogP contribution in [0, 0.1) is 0 Å². The fourth-order valence-corrected chi connectivity index (χ4v) is 1.34. The molecule has 0 saturated carbocycles. The van der Waals surface area contributed by atoms with Gasteiger partial charge in [0.1, 0.15) is 0 Å². The van der Waals surface area contributed by atoms with Crippen molar-refractivity contribution in [2.75, 3.05) is 19.6 Å². The van der Waals surface area contributed by atoms with Gasteiger partial charge in [0, 0.05) is 6.54 Å². The molecule has 0 spiro atoms. The van der Waals surface area contributed by atoms with Gasteiger partial charge in [-0.3, -0.25) is 4.79 Å². The Hall–Kier alpha value is -0.570. The molecule has 0 unspecified atom stereocenters. The first-order valence-corrected chi connectivity index (χ1v) is 5.79. The molecule has 3 nitrogen and oxygen atoms in total. The second-order valence-electron chi connectivity index (χ2n) is 3.59.